The van der Waals surface area contributed by atoms with E-state index in [1.807, 2.05) is 13.0 Å². The molecule has 7 nitrogen and oxygen atoms in total. The topological polar surface area (TPSA) is 83.4 Å². The van der Waals surface area contributed by atoms with E-state index in [1.165, 1.54) is 19.3 Å². The first-order valence-corrected chi connectivity index (χ1v) is 8.97. The van der Waals surface area contributed by atoms with Crippen LogP contribution >= 0.6 is 0 Å². The average molecular weight is 337 g/mol. The van der Waals surface area contributed by atoms with Gasteiger partial charge in [0.15, 0.2) is 6.17 Å². The molecule has 3 aliphatic rings. The van der Waals surface area contributed by atoms with Crippen LogP contribution in [0.15, 0.2) is 17.0 Å². The zero-order valence-corrected chi connectivity index (χ0v) is 14.2. The van der Waals surface area contributed by atoms with Gasteiger partial charge in [0.1, 0.15) is 12.5 Å². The van der Waals surface area contributed by atoms with Gasteiger partial charge in [-0.15, -0.1) is 0 Å². The molecule has 1 saturated heterocycles. The van der Waals surface area contributed by atoms with Gasteiger partial charge < -0.3 is 14.6 Å². The van der Waals surface area contributed by atoms with Crippen molar-refractivity contribution >= 4 is 11.7 Å². The van der Waals surface area contributed by atoms with E-state index in [0.29, 0.717) is 25.0 Å². The van der Waals surface area contributed by atoms with Crippen LogP contribution in [0.1, 0.15) is 39.0 Å². The van der Waals surface area contributed by atoms with Crippen molar-refractivity contribution in [3.05, 3.63) is 12.0 Å². The van der Waals surface area contributed by atoms with Gasteiger partial charge in [0.25, 0.3) is 0 Å². The first-order chi connectivity index (χ1) is 11.7. The quantitative estimate of drug-likeness (QED) is 0.709. The third kappa shape index (κ3) is 3.57. The molecule has 2 aliphatic heterocycles. The van der Waals surface area contributed by atoms with Crippen molar-refractivity contribution in [3.8, 4) is 0 Å². The maximum Gasteiger partial charge on any atom is 0.314 e. The summed E-state index contributed by atoms with van der Waals surface area (Å²) in [5.41, 5.74) is 4.20. The van der Waals surface area contributed by atoms with Crippen LogP contribution in [-0.2, 0) is 14.3 Å². The second kappa shape index (κ2) is 7.98. The summed E-state index contributed by atoms with van der Waals surface area (Å²) in [4.78, 5) is 17.1. The third-order valence-corrected chi connectivity index (χ3v) is 4.85. The summed E-state index contributed by atoms with van der Waals surface area (Å²) in [6, 6.07) is 0. The number of aliphatic hydroxyl groups excluding tert-OH is 1. The molecule has 0 aromatic heterocycles. The van der Waals surface area contributed by atoms with Gasteiger partial charge in [-0.05, 0) is 19.8 Å². The van der Waals surface area contributed by atoms with E-state index in [-0.39, 0.29) is 31.3 Å². The lowest BCUT2D eigenvalue weighted by molar-refractivity contribution is -0.148. The van der Waals surface area contributed by atoms with E-state index in [0.717, 1.165) is 18.6 Å². The Morgan fingerprint density at radius 3 is 2.92 bits per heavy atom. The fourth-order valence-electron chi connectivity index (χ4n) is 3.66. The lowest BCUT2D eigenvalue weighted by atomic mass is 9.85. The van der Waals surface area contributed by atoms with E-state index < -0.39 is 0 Å². The zero-order chi connectivity index (χ0) is 16.9. The molecular formula is C17H27N3O4. The normalized spacial score (nSPS) is 27.3. The Hall–Kier alpha value is -1.60. The van der Waals surface area contributed by atoms with Gasteiger partial charge in [-0.3, -0.25) is 14.8 Å². The molecule has 0 aromatic rings. The van der Waals surface area contributed by atoms with Crippen LogP contribution in [-0.4, -0.2) is 54.3 Å². The summed E-state index contributed by atoms with van der Waals surface area (Å²) in [6.07, 6.45) is 7.61. The Kier molecular flexibility index (Phi) is 5.73. The molecule has 7 heteroatoms. The summed E-state index contributed by atoms with van der Waals surface area (Å²) < 4.78 is 10.9. The van der Waals surface area contributed by atoms with Crippen molar-refractivity contribution in [3.63, 3.8) is 0 Å². The molecular weight excluding hydrogens is 310 g/mol. The van der Waals surface area contributed by atoms with Crippen LogP contribution in [0.25, 0.3) is 0 Å². The largest absolute Gasteiger partial charge is 0.476 e. The molecule has 1 aliphatic carbocycles. The molecule has 2 fully saturated rings. The highest BCUT2D eigenvalue weighted by Crippen LogP contribution is 2.32. The number of nitrogens with one attached hydrogen (secondary N) is 1. The van der Waals surface area contributed by atoms with Crippen LogP contribution in [0.5, 0.6) is 0 Å². The third-order valence-electron chi connectivity index (χ3n) is 4.85. The highest BCUT2D eigenvalue weighted by Gasteiger charge is 2.44. The van der Waals surface area contributed by atoms with Gasteiger partial charge in [0.2, 0.25) is 5.88 Å². The summed E-state index contributed by atoms with van der Waals surface area (Å²) in [6.45, 7) is 2.83. The highest BCUT2D eigenvalue weighted by molar-refractivity contribution is 5.98. The van der Waals surface area contributed by atoms with Crippen molar-refractivity contribution in [2.24, 2.45) is 16.8 Å². The molecule has 24 heavy (non-hydrogen) atoms. The number of esters is 1. The van der Waals surface area contributed by atoms with Gasteiger partial charge in [-0.1, -0.05) is 19.3 Å². The molecule has 2 N–H and O–H groups in total. The van der Waals surface area contributed by atoms with E-state index >= 15 is 0 Å². The minimum atomic E-state index is -0.343. The van der Waals surface area contributed by atoms with Crippen molar-refractivity contribution in [2.45, 2.75) is 45.2 Å². The number of hydrogen-bond donors (Lipinski definition) is 2. The number of allylic oxidation sites excluding steroid dienone is 1. The molecule has 1 saturated carbocycles. The van der Waals surface area contributed by atoms with E-state index in [9.17, 15) is 4.79 Å². The lowest BCUT2D eigenvalue weighted by Gasteiger charge is -2.33. The summed E-state index contributed by atoms with van der Waals surface area (Å²) in [5.74, 6) is 0.492. The maximum absolute atomic E-state index is 12.2. The number of carbonyl (C=O) groups excluding carboxylic acids is 1. The average Bonchev–Trinajstić information content (AvgIpc) is 3.04. The smallest absolute Gasteiger partial charge is 0.314 e. The van der Waals surface area contributed by atoms with Crippen LogP contribution in [0.3, 0.4) is 0 Å². The minimum absolute atomic E-state index is 0.0486. The SMILES string of the molecule is CCOC(=O)C1CNN2C(OCCO)=CC(C3CCCCC3)=NC12. The van der Waals surface area contributed by atoms with Crippen LogP contribution in [0.2, 0.25) is 0 Å². The first-order valence-electron chi connectivity index (χ1n) is 8.97. The number of hydrazine groups is 1. The number of aliphatic imine (C=N–C) groups is 1. The van der Waals surface area contributed by atoms with E-state index in [1.54, 1.807) is 5.01 Å². The molecule has 0 bridgehead atoms. The number of carbonyl (C=O) groups is 1. The Labute approximate surface area is 142 Å². The van der Waals surface area contributed by atoms with E-state index in [2.05, 4.69) is 5.43 Å². The molecule has 2 atom stereocenters. The second-order valence-corrected chi connectivity index (χ2v) is 6.45. The highest BCUT2D eigenvalue weighted by atomic mass is 16.5. The zero-order valence-electron chi connectivity index (χ0n) is 14.2. The predicted octanol–water partition coefficient (Wildman–Crippen LogP) is 1.20. The number of ether oxygens (including phenoxy) is 2. The van der Waals surface area contributed by atoms with E-state index in [4.69, 9.17) is 19.6 Å². The summed E-state index contributed by atoms with van der Waals surface area (Å²) in [5, 5.41) is 10.9. The fraction of sp³-hybridized carbons (Fsp3) is 0.765. The Bertz CT molecular complexity index is 514. The number of nitrogens with zero attached hydrogens (tertiary/aromatic N) is 2. The van der Waals surface area contributed by atoms with Gasteiger partial charge in [0, 0.05) is 24.3 Å². The molecule has 0 radical (unpaired) electrons. The monoisotopic (exact) mass is 337 g/mol. The molecule has 2 heterocycles. The lowest BCUT2D eigenvalue weighted by Crippen LogP contribution is -2.43. The molecule has 0 aromatic carbocycles. The van der Waals surface area contributed by atoms with Gasteiger partial charge in [-0.2, -0.15) is 0 Å². The van der Waals surface area contributed by atoms with Gasteiger partial charge in [0.05, 0.1) is 13.2 Å². The molecule has 0 spiro atoms. The number of aliphatic hydroxyl groups is 1. The Morgan fingerprint density at radius 1 is 1.42 bits per heavy atom. The second-order valence-electron chi connectivity index (χ2n) is 6.45. The maximum atomic E-state index is 12.2. The van der Waals surface area contributed by atoms with Crippen molar-refractivity contribution in [2.75, 3.05) is 26.4 Å². The standard InChI is InChI=1S/C17H27N3O4/c1-2-23-17(22)13-11-18-20-15(24-9-8-21)10-14(19-16(13)20)12-6-4-3-5-7-12/h10,12-13,16,18,21H,2-9,11H2,1H3. The molecule has 2 unspecified atom stereocenters. The van der Waals surface area contributed by atoms with Gasteiger partial charge >= 0.3 is 5.97 Å². The van der Waals surface area contributed by atoms with Crippen molar-refractivity contribution in [1.82, 2.24) is 10.4 Å². The fourth-order valence-corrected chi connectivity index (χ4v) is 3.66. The Morgan fingerprint density at radius 2 is 2.21 bits per heavy atom. The minimum Gasteiger partial charge on any atom is -0.476 e. The van der Waals surface area contributed by atoms with Crippen molar-refractivity contribution < 1.29 is 19.4 Å². The van der Waals surface area contributed by atoms with Gasteiger partial charge in [-0.25, -0.2) is 5.43 Å². The number of fused-ring (bicyclic) bond motifs is 1. The summed E-state index contributed by atoms with van der Waals surface area (Å²) in [7, 11) is 0. The van der Waals surface area contributed by atoms with Crippen LogP contribution in [0, 0.1) is 11.8 Å². The molecule has 134 valence electrons. The molecule has 3 rings (SSSR count). The summed E-state index contributed by atoms with van der Waals surface area (Å²) >= 11 is 0. The van der Waals surface area contributed by atoms with Crippen LogP contribution < -0.4 is 5.43 Å². The number of rotatable bonds is 6. The van der Waals surface area contributed by atoms with Crippen molar-refractivity contribution in [1.29, 1.82) is 0 Å². The Balaban J connectivity index is 1.82. The predicted molar refractivity (Wildman–Crippen MR) is 88.9 cm³/mol. The first kappa shape index (κ1) is 17.2. The van der Waals surface area contributed by atoms with Crippen LogP contribution in [0.4, 0.5) is 0 Å². The molecule has 0 amide bonds. The number of hydrogen-bond acceptors (Lipinski definition) is 7.